The topological polar surface area (TPSA) is 133 Å². The maximum atomic E-state index is 12.1. The Bertz CT molecular complexity index is 791. The normalized spacial score (nSPS) is 11.7. The van der Waals surface area contributed by atoms with Crippen LogP contribution in [0.25, 0.3) is 0 Å². The molecular weight excluding hydrogens is 358 g/mol. The van der Waals surface area contributed by atoms with Crippen LogP contribution in [0, 0.1) is 6.92 Å². The molecule has 1 atom stereocenters. The molecule has 0 aliphatic rings. The lowest BCUT2D eigenvalue weighted by Crippen LogP contribution is -2.33. The molecule has 1 aromatic carbocycles. The van der Waals surface area contributed by atoms with E-state index in [0.29, 0.717) is 22.9 Å². The number of hydrogen-bond donors (Lipinski definition) is 2. The number of carbonyl (C=O) groups excluding carboxylic acids is 1. The molecular formula is C17H21N3O7. The molecule has 27 heavy (non-hydrogen) atoms. The maximum absolute atomic E-state index is 12.1. The number of carboxylic acids is 1. The van der Waals surface area contributed by atoms with E-state index < -0.39 is 17.9 Å². The largest absolute Gasteiger partial charge is 0.493 e. The number of rotatable bonds is 10. The van der Waals surface area contributed by atoms with Gasteiger partial charge in [0.2, 0.25) is 5.91 Å². The Morgan fingerprint density at radius 2 is 2.00 bits per heavy atom. The summed E-state index contributed by atoms with van der Waals surface area (Å²) >= 11 is 0. The Morgan fingerprint density at radius 1 is 1.26 bits per heavy atom. The van der Waals surface area contributed by atoms with Crippen LogP contribution in [0.5, 0.6) is 11.5 Å². The molecule has 0 aliphatic carbocycles. The molecule has 2 aromatic rings. The maximum Gasteiger partial charge on any atom is 0.305 e. The third kappa shape index (κ3) is 5.96. The number of aryl methyl sites for hydroxylation is 1. The molecule has 0 radical (unpaired) electrons. The van der Waals surface area contributed by atoms with Crippen molar-refractivity contribution in [3.8, 4) is 11.5 Å². The van der Waals surface area contributed by atoms with E-state index in [0.717, 1.165) is 0 Å². The summed E-state index contributed by atoms with van der Waals surface area (Å²) in [6.45, 7) is 1.36. The molecule has 1 heterocycles. The first-order valence-corrected chi connectivity index (χ1v) is 8.03. The van der Waals surface area contributed by atoms with Gasteiger partial charge in [-0.3, -0.25) is 9.59 Å². The van der Waals surface area contributed by atoms with Crippen LogP contribution >= 0.6 is 0 Å². The van der Waals surface area contributed by atoms with Gasteiger partial charge in [0.1, 0.15) is 13.2 Å². The van der Waals surface area contributed by atoms with Gasteiger partial charge >= 0.3 is 5.97 Å². The zero-order valence-corrected chi connectivity index (χ0v) is 15.2. The summed E-state index contributed by atoms with van der Waals surface area (Å²) in [5.41, 5.74) is 0.566. The summed E-state index contributed by atoms with van der Waals surface area (Å²) in [5, 5.41) is 15.4. The predicted molar refractivity (Wildman–Crippen MR) is 91.4 cm³/mol. The molecule has 0 aliphatic heterocycles. The lowest BCUT2D eigenvalue weighted by atomic mass is 10.0. The number of hydrogen-bond acceptors (Lipinski definition) is 8. The summed E-state index contributed by atoms with van der Waals surface area (Å²) in [5.74, 6) is 0.113. The number of nitrogens with zero attached hydrogens (tertiary/aromatic N) is 2. The molecule has 146 valence electrons. The molecule has 1 aromatic heterocycles. The van der Waals surface area contributed by atoms with Crippen LogP contribution in [-0.2, 0) is 20.9 Å². The summed E-state index contributed by atoms with van der Waals surface area (Å²) in [6.07, 6.45) is -0.302. The third-order valence-corrected chi connectivity index (χ3v) is 3.55. The molecule has 10 nitrogen and oxygen atoms in total. The zero-order valence-electron chi connectivity index (χ0n) is 15.2. The van der Waals surface area contributed by atoms with Crippen LogP contribution < -0.4 is 14.8 Å². The Kier molecular flexibility index (Phi) is 7.12. The van der Waals surface area contributed by atoms with Crippen molar-refractivity contribution >= 4 is 11.9 Å². The first-order valence-electron chi connectivity index (χ1n) is 8.03. The molecule has 1 amide bonds. The highest BCUT2D eigenvalue weighted by molar-refractivity contribution is 5.79. The van der Waals surface area contributed by atoms with E-state index in [1.54, 1.807) is 25.1 Å². The second-order valence-corrected chi connectivity index (χ2v) is 5.56. The van der Waals surface area contributed by atoms with Gasteiger partial charge in [-0.25, -0.2) is 0 Å². The van der Waals surface area contributed by atoms with Crippen molar-refractivity contribution in [3.05, 3.63) is 35.5 Å². The number of nitrogens with one attached hydrogen (secondary N) is 1. The second kappa shape index (κ2) is 9.53. The number of benzene rings is 1. The quantitative estimate of drug-likeness (QED) is 0.625. The summed E-state index contributed by atoms with van der Waals surface area (Å²) in [4.78, 5) is 27.3. The highest BCUT2D eigenvalue weighted by atomic mass is 16.5. The number of aliphatic carboxylic acids is 1. The van der Waals surface area contributed by atoms with E-state index in [1.807, 2.05) is 0 Å². The molecule has 0 saturated heterocycles. The fourth-order valence-electron chi connectivity index (χ4n) is 2.36. The van der Waals surface area contributed by atoms with E-state index in [2.05, 4.69) is 15.5 Å². The summed E-state index contributed by atoms with van der Waals surface area (Å²) < 4.78 is 20.5. The minimum Gasteiger partial charge on any atom is -0.493 e. The fourth-order valence-corrected chi connectivity index (χ4v) is 2.36. The van der Waals surface area contributed by atoms with E-state index in [4.69, 9.17) is 23.8 Å². The molecule has 0 fully saturated rings. The van der Waals surface area contributed by atoms with Crippen molar-refractivity contribution in [1.29, 1.82) is 0 Å². The number of carbonyl (C=O) groups is 2. The molecule has 2 rings (SSSR count). The van der Waals surface area contributed by atoms with Gasteiger partial charge in [-0.1, -0.05) is 11.2 Å². The molecule has 0 spiro atoms. The fraction of sp³-hybridized carbons (Fsp3) is 0.412. The van der Waals surface area contributed by atoms with E-state index in [1.165, 1.54) is 14.2 Å². The number of aromatic nitrogens is 2. The summed E-state index contributed by atoms with van der Waals surface area (Å²) in [6, 6.07) is 4.17. The van der Waals surface area contributed by atoms with Crippen molar-refractivity contribution in [2.24, 2.45) is 0 Å². The van der Waals surface area contributed by atoms with Gasteiger partial charge in [-0.15, -0.1) is 0 Å². The van der Waals surface area contributed by atoms with Gasteiger partial charge in [0, 0.05) is 0 Å². The van der Waals surface area contributed by atoms with Crippen molar-refractivity contribution in [2.75, 3.05) is 20.8 Å². The van der Waals surface area contributed by atoms with Crippen molar-refractivity contribution in [3.63, 3.8) is 0 Å². The molecule has 10 heteroatoms. The van der Waals surface area contributed by atoms with E-state index >= 15 is 0 Å². The van der Waals surface area contributed by atoms with Crippen LogP contribution in [0.2, 0.25) is 0 Å². The van der Waals surface area contributed by atoms with Crippen molar-refractivity contribution in [1.82, 2.24) is 15.5 Å². The van der Waals surface area contributed by atoms with E-state index in [-0.39, 0.29) is 25.5 Å². The number of amides is 1. The Hall–Kier alpha value is -3.14. The third-order valence-electron chi connectivity index (χ3n) is 3.55. The number of carboxylic acid groups (broad SMARTS) is 1. The zero-order chi connectivity index (χ0) is 19.8. The Balaban J connectivity index is 2.00. The van der Waals surface area contributed by atoms with Crippen LogP contribution in [0.4, 0.5) is 0 Å². The van der Waals surface area contributed by atoms with Gasteiger partial charge in [0.05, 0.1) is 26.7 Å². The van der Waals surface area contributed by atoms with Gasteiger partial charge in [-0.05, 0) is 24.6 Å². The molecule has 0 saturated carbocycles. The van der Waals surface area contributed by atoms with Crippen LogP contribution in [0.3, 0.4) is 0 Å². The first-order chi connectivity index (χ1) is 12.9. The molecule has 0 bridgehead atoms. The number of ether oxygens (including phenoxy) is 3. The highest BCUT2D eigenvalue weighted by Gasteiger charge is 2.20. The highest BCUT2D eigenvalue weighted by Crippen LogP contribution is 2.30. The first kappa shape index (κ1) is 20.2. The van der Waals surface area contributed by atoms with Gasteiger partial charge in [0.15, 0.2) is 17.3 Å². The van der Waals surface area contributed by atoms with Crippen molar-refractivity contribution < 1.29 is 33.4 Å². The Morgan fingerprint density at radius 3 is 2.59 bits per heavy atom. The summed E-state index contributed by atoms with van der Waals surface area (Å²) in [7, 11) is 2.97. The average molecular weight is 379 g/mol. The van der Waals surface area contributed by atoms with Crippen LogP contribution in [0.1, 0.15) is 29.7 Å². The van der Waals surface area contributed by atoms with Gasteiger partial charge in [0.25, 0.3) is 5.89 Å². The second-order valence-electron chi connectivity index (χ2n) is 5.56. The minimum atomic E-state index is -1.06. The lowest BCUT2D eigenvalue weighted by Gasteiger charge is -2.19. The number of methoxy groups -OCH3 is 2. The van der Waals surface area contributed by atoms with Gasteiger partial charge < -0.3 is 29.2 Å². The van der Waals surface area contributed by atoms with Gasteiger partial charge in [-0.2, -0.15) is 4.98 Å². The SMILES string of the molecule is COc1ccc(C(CC(=O)O)NC(=O)COCc2nc(C)no2)cc1OC. The molecule has 2 N–H and O–H groups in total. The minimum absolute atomic E-state index is 0.0196. The predicted octanol–water partition coefficient (Wildman–Crippen LogP) is 1.24. The average Bonchev–Trinajstić information content (AvgIpc) is 3.05. The standard InChI is InChI=1S/C17H21N3O7/c1-10-18-16(27-20-10)9-26-8-15(21)19-12(7-17(22)23)11-4-5-13(24-2)14(6-11)25-3/h4-6,12H,7-9H2,1-3H3,(H,19,21)(H,22,23). The van der Waals surface area contributed by atoms with Crippen molar-refractivity contribution in [2.45, 2.75) is 26.0 Å². The monoisotopic (exact) mass is 379 g/mol. The smallest absolute Gasteiger partial charge is 0.305 e. The van der Waals surface area contributed by atoms with Crippen LogP contribution in [0.15, 0.2) is 22.7 Å². The molecule has 1 unspecified atom stereocenters. The van der Waals surface area contributed by atoms with Crippen LogP contribution in [-0.4, -0.2) is 48.0 Å². The lowest BCUT2D eigenvalue weighted by molar-refractivity contribution is -0.138. The van der Waals surface area contributed by atoms with E-state index in [9.17, 15) is 9.59 Å². The Labute approximate surface area is 155 Å².